The van der Waals surface area contributed by atoms with Crippen LogP contribution in [0.4, 0.5) is 5.82 Å². The van der Waals surface area contributed by atoms with Crippen LogP contribution in [0.1, 0.15) is 21.5 Å². The zero-order valence-electron chi connectivity index (χ0n) is 15.0. The molecule has 138 valence electrons. The van der Waals surface area contributed by atoms with Gasteiger partial charge in [0.1, 0.15) is 5.82 Å². The molecule has 4 nitrogen and oxygen atoms in total. The summed E-state index contributed by atoms with van der Waals surface area (Å²) in [7, 11) is 0. The van der Waals surface area contributed by atoms with Crippen LogP contribution in [0.5, 0.6) is 0 Å². The van der Waals surface area contributed by atoms with E-state index in [1.807, 2.05) is 42.5 Å². The quantitative estimate of drug-likeness (QED) is 0.611. The number of hydrogen-bond donors (Lipinski definition) is 2. The van der Waals surface area contributed by atoms with Crippen molar-refractivity contribution in [1.82, 2.24) is 10.3 Å². The average molecular weight is 380 g/mol. The number of carbonyl (C=O) groups excluding carboxylic acids is 1. The van der Waals surface area contributed by atoms with Crippen molar-refractivity contribution >= 4 is 23.3 Å². The molecule has 0 unspecified atom stereocenters. The summed E-state index contributed by atoms with van der Waals surface area (Å²) >= 11 is 5.88. The van der Waals surface area contributed by atoms with E-state index in [-0.39, 0.29) is 5.91 Å². The second kappa shape index (κ2) is 9.74. The van der Waals surface area contributed by atoms with E-state index in [4.69, 9.17) is 11.6 Å². The van der Waals surface area contributed by atoms with Crippen molar-refractivity contribution in [3.63, 3.8) is 0 Å². The minimum absolute atomic E-state index is 0.0996. The first-order valence-corrected chi connectivity index (χ1v) is 9.35. The zero-order chi connectivity index (χ0) is 18.9. The zero-order valence-corrected chi connectivity index (χ0v) is 15.7. The molecule has 0 saturated carbocycles. The van der Waals surface area contributed by atoms with Gasteiger partial charge in [-0.2, -0.15) is 0 Å². The van der Waals surface area contributed by atoms with Crippen LogP contribution in [0.15, 0.2) is 72.9 Å². The fourth-order valence-electron chi connectivity index (χ4n) is 2.72. The second-order valence-corrected chi connectivity index (χ2v) is 6.66. The number of hydrogen-bond acceptors (Lipinski definition) is 3. The number of anilines is 1. The summed E-state index contributed by atoms with van der Waals surface area (Å²) in [5.41, 5.74) is 3.00. The highest BCUT2D eigenvalue weighted by Gasteiger charge is 2.06. The second-order valence-electron chi connectivity index (χ2n) is 6.22. The molecule has 0 aliphatic rings. The maximum Gasteiger partial charge on any atom is 0.251 e. The van der Waals surface area contributed by atoms with Gasteiger partial charge in [0.25, 0.3) is 5.91 Å². The van der Waals surface area contributed by atoms with Gasteiger partial charge in [-0.1, -0.05) is 54.1 Å². The third-order valence-corrected chi connectivity index (χ3v) is 4.45. The van der Waals surface area contributed by atoms with Gasteiger partial charge in [-0.15, -0.1) is 0 Å². The van der Waals surface area contributed by atoms with Gasteiger partial charge < -0.3 is 10.6 Å². The molecule has 27 heavy (non-hydrogen) atoms. The lowest BCUT2D eigenvalue weighted by atomic mass is 10.1. The van der Waals surface area contributed by atoms with Gasteiger partial charge >= 0.3 is 0 Å². The molecule has 0 radical (unpaired) electrons. The predicted molar refractivity (Wildman–Crippen MR) is 110 cm³/mol. The summed E-state index contributed by atoms with van der Waals surface area (Å²) in [5, 5.41) is 6.93. The highest BCUT2D eigenvalue weighted by Crippen LogP contribution is 2.10. The number of rotatable bonds is 8. The van der Waals surface area contributed by atoms with E-state index in [1.165, 1.54) is 5.56 Å². The Labute approximate surface area is 164 Å². The van der Waals surface area contributed by atoms with Crippen LogP contribution >= 0.6 is 11.6 Å². The molecule has 1 amide bonds. The molecule has 0 spiro atoms. The monoisotopic (exact) mass is 379 g/mol. The first-order valence-electron chi connectivity index (χ1n) is 8.97. The molecule has 0 atom stereocenters. The standard InChI is InChI=1S/C22H22ClN3O/c23-20-8-6-18(7-9-20)11-14-26-22(27)19-12-15-25-21(16-19)24-13-10-17-4-2-1-3-5-17/h1-9,12,15-16H,10-11,13-14H2,(H,24,25)(H,26,27). The lowest BCUT2D eigenvalue weighted by Gasteiger charge is -2.09. The van der Waals surface area contributed by atoms with Crippen LogP contribution in [0.3, 0.4) is 0 Å². The lowest BCUT2D eigenvalue weighted by molar-refractivity contribution is 0.0954. The number of nitrogens with zero attached hydrogens (tertiary/aromatic N) is 1. The first-order chi connectivity index (χ1) is 13.2. The Balaban J connectivity index is 1.47. The molecular weight excluding hydrogens is 358 g/mol. The van der Waals surface area contributed by atoms with Crippen LogP contribution in [-0.4, -0.2) is 24.0 Å². The van der Waals surface area contributed by atoms with Crippen LogP contribution in [-0.2, 0) is 12.8 Å². The molecule has 1 heterocycles. The number of amides is 1. The summed E-state index contributed by atoms with van der Waals surface area (Å²) in [6.07, 6.45) is 3.31. The van der Waals surface area contributed by atoms with Gasteiger partial charge in [-0.25, -0.2) is 4.98 Å². The Bertz CT molecular complexity index is 866. The third-order valence-electron chi connectivity index (χ3n) is 4.20. The molecule has 3 aromatic rings. The Hall–Kier alpha value is -2.85. The molecule has 0 aliphatic heterocycles. The number of aromatic nitrogens is 1. The normalized spacial score (nSPS) is 10.4. The van der Waals surface area contributed by atoms with E-state index in [9.17, 15) is 4.79 Å². The maximum atomic E-state index is 12.3. The molecule has 0 fully saturated rings. The van der Waals surface area contributed by atoms with Crippen molar-refractivity contribution in [2.45, 2.75) is 12.8 Å². The minimum Gasteiger partial charge on any atom is -0.370 e. The van der Waals surface area contributed by atoms with Crippen LogP contribution in [0.2, 0.25) is 5.02 Å². The Kier molecular flexibility index (Phi) is 6.83. The number of pyridine rings is 1. The Morgan fingerprint density at radius 2 is 1.59 bits per heavy atom. The smallest absolute Gasteiger partial charge is 0.251 e. The van der Waals surface area contributed by atoms with E-state index in [0.717, 1.165) is 24.9 Å². The predicted octanol–water partition coefficient (Wildman–Crippen LogP) is 4.36. The average Bonchev–Trinajstić information content (AvgIpc) is 2.70. The van der Waals surface area contributed by atoms with E-state index in [0.29, 0.717) is 22.9 Å². The topological polar surface area (TPSA) is 54.0 Å². The third kappa shape index (κ3) is 6.12. The van der Waals surface area contributed by atoms with Crippen molar-refractivity contribution in [3.8, 4) is 0 Å². The number of benzene rings is 2. The Morgan fingerprint density at radius 3 is 2.37 bits per heavy atom. The maximum absolute atomic E-state index is 12.3. The van der Waals surface area contributed by atoms with Crippen LogP contribution < -0.4 is 10.6 Å². The van der Waals surface area contributed by atoms with Crippen molar-refractivity contribution in [2.24, 2.45) is 0 Å². The molecule has 5 heteroatoms. The minimum atomic E-state index is -0.0996. The van der Waals surface area contributed by atoms with Gasteiger partial charge in [0.05, 0.1) is 0 Å². The SMILES string of the molecule is O=C(NCCc1ccc(Cl)cc1)c1ccnc(NCCc2ccccc2)c1. The van der Waals surface area contributed by atoms with Gasteiger partial charge in [0, 0.05) is 29.9 Å². The molecule has 1 aromatic heterocycles. The van der Waals surface area contributed by atoms with Crippen molar-refractivity contribution < 1.29 is 4.79 Å². The highest BCUT2D eigenvalue weighted by molar-refractivity contribution is 6.30. The van der Waals surface area contributed by atoms with Crippen molar-refractivity contribution in [1.29, 1.82) is 0 Å². The summed E-state index contributed by atoms with van der Waals surface area (Å²) < 4.78 is 0. The first kappa shape index (κ1) is 18.9. The fraction of sp³-hybridized carbons (Fsp3) is 0.182. The largest absolute Gasteiger partial charge is 0.370 e. The molecule has 2 N–H and O–H groups in total. The van der Waals surface area contributed by atoms with E-state index in [1.54, 1.807) is 18.3 Å². The number of nitrogens with one attached hydrogen (secondary N) is 2. The molecule has 0 saturated heterocycles. The lowest BCUT2D eigenvalue weighted by Crippen LogP contribution is -2.25. The molecule has 0 aliphatic carbocycles. The van der Waals surface area contributed by atoms with Gasteiger partial charge in [0.15, 0.2) is 0 Å². The van der Waals surface area contributed by atoms with E-state index >= 15 is 0 Å². The molecular formula is C22H22ClN3O. The highest BCUT2D eigenvalue weighted by atomic mass is 35.5. The Morgan fingerprint density at radius 1 is 0.889 bits per heavy atom. The van der Waals surface area contributed by atoms with E-state index in [2.05, 4.69) is 27.8 Å². The van der Waals surface area contributed by atoms with Crippen molar-refractivity contribution in [3.05, 3.63) is 94.6 Å². The molecule has 2 aromatic carbocycles. The van der Waals surface area contributed by atoms with Gasteiger partial charge in [-0.3, -0.25) is 4.79 Å². The number of carbonyl (C=O) groups is 1. The summed E-state index contributed by atoms with van der Waals surface area (Å²) in [6, 6.07) is 21.4. The summed E-state index contributed by atoms with van der Waals surface area (Å²) in [6.45, 7) is 1.33. The van der Waals surface area contributed by atoms with Gasteiger partial charge in [0.2, 0.25) is 0 Å². The van der Waals surface area contributed by atoms with Crippen LogP contribution in [0.25, 0.3) is 0 Å². The summed E-state index contributed by atoms with van der Waals surface area (Å²) in [4.78, 5) is 16.6. The summed E-state index contributed by atoms with van der Waals surface area (Å²) in [5.74, 6) is 0.605. The van der Waals surface area contributed by atoms with Crippen molar-refractivity contribution in [2.75, 3.05) is 18.4 Å². The molecule has 0 bridgehead atoms. The van der Waals surface area contributed by atoms with E-state index < -0.39 is 0 Å². The van der Waals surface area contributed by atoms with Gasteiger partial charge in [-0.05, 0) is 48.2 Å². The number of halogens is 1. The van der Waals surface area contributed by atoms with Crippen LogP contribution in [0, 0.1) is 0 Å². The fourth-order valence-corrected chi connectivity index (χ4v) is 2.85. The molecule has 3 rings (SSSR count).